The van der Waals surface area contributed by atoms with Crippen LogP contribution < -0.4 is 4.72 Å². The van der Waals surface area contributed by atoms with Crippen LogP contribution in [0.4, 0.5) is 0 Å². The molecule has 0 aliphatic carbocycles. The van der Waals surface area contributed by atoms with Crippen LogP contribution in [0.1, 0.15) is 5.69 Å². The number of sulfonamides is 1. The van der Waals surface area contributed by atoms with Crippen LogP contribution in [0.5, 0.6) is 0 Å². The number of nitrogens with zero attached hydrogens (tertiary/aromatic N) is 2. The Bertz CT molecular complexity index is 912. The maximum Gasteiger partial charge on any atom is 0.240 e. The second kappa shape index (κ2) is 7.09. The molecule has 122 valence electrons. The predicted octanol–water partition coefficient (Wildman–Crippen LogP) is 3.28. The molecule has 0 amide bonds. The van der Waals surface area contributed by atoms with Crippen molar-refractivity contribution >= 4 is 21.6 Å². The average Bonchev–Trinajstić information content (AvgIpc) is 2.62. The second-order valence-corrected chi connectivity index (χ2v) is 7.26. The minimum Gasteiger partial charge on any atom is -0.245 e. The molecule has 0 aliphatic heterocycles. The van der Waals surface area contributed by atoms with Gasteiger partial charge in [0.15, 0.2) is 0 Å². The van der Waals surface area contributed by atoms with Crippen LogP contribution in [0.15, 0.2) is 72.0 Å². The van der Waals surface area contributed by atoms with Crippen LogP contribution in [0.2, 0.25) is 5.02 Å². The standard InChI is InChI=1S/C17H14ClN3O2S/c18-15-5-1-13(2-6-15)14-3-7-17(8-4-14)24(22,23)21-11-16-9-10-19-12-20-16/h1-10,12,21H,11H2. The molecule has 1 heterocycles. The first-order valence-electron chi connectivity index (χ1n) is 7.15. The molecule has 3 aromatic rings. The third kappa shape index (κ3) is 3.97. The lowest BCUT2D eigenvalue weighted by molar-refractivity contribution is 0.580. The highest BCUT2D eigenvalue weighted by Gasteiger charge is 2.14. The van der Waals surface area contributed by atoms with Gasteiger partial charge in [0.2, 0.25) is 10.0 Å². The zero-order chi connectivity index (χ0) is 17.0. The molecule has 0 fully saturated rings. The quantitative estimate of drug-likeness (QED) is 0.758. The molecule has 7 heteroatoms. The number of hydrogen-bond acceptors (Lipinski definition) is 4. The van der Waals surface area contributed by atoms with Gasteiger partial charge in [0.05, 0.1) is 17.1 Å². The van der Waals surface area contributed by atoms with Gasteiger partial charge in [0.25, 0.3) is 0 Å². The van der Waals surface area contributed by atoms with E-state index in [1.165, 1.54) is 6.33 Å². The number of nitrogens with one attached hydrogen (secondary N) is 1. The number of aromatic nitrogens is 2. The first-order chi connectivity index (χ1) is 11.5. The van der Waals surface area contributed by atoms with Crippen LogP contribution in [-0.4, -0.2) is 18.4 Å². The van der Waals surface area contributed by atoms with E-state index in [0.29, 0.717) is 10.7 Å². The number of rotatable bonds is 5. The smallest absolute Gasteiger partial charge is 0.240 e. The van der Waals surface area contributed by atoms with E-state index in [1.807, 2.05) is 12.1 Å². The van der Waals surface area contributed by atoms with Crippen molar-refractivity contribution in [3.63, 3.8) is 0 Å². The zero-order valence-electron chi connectivity index (χ0n) is 12.6. The highest BCUT2D eigenvalue weighted by molar-refractivity contribution is 7.89. The van der Waals surface area contributed by atoms with E-state index in [1.54, 1.807) is 48.7 Å². The Morgan fingerprint density at radius 1 is 0.917 bits per heavy atom. The molecule has 5 nitrogen and oxygen atoms in total. The molecule has 1 N–H and O–H groups in total. The molecular formula is C17H14ClN3O2S. The fraction of sp³-hybridized carbons (Fsp3) is 0.0588. The normalized spacial score (nSPS) is 11.4. The summed E-state index contributed by atoms with van der Waals surface area (Å²) < 4.78 is 27.2. The van der Waals surface area contributed by atoms with E-state index < -0.39 is 10.0 Å². The average molecular weight is 360 g/mol. The Hall–Kier alpha value is -2.28. The van der Waals surface area contributed by atoms with Crippen molar-refractivity contribution in [2.24, 2.45) is 0 Å². The summed E-state index contributed by atoms with van der Waals surface area (Å²) in [4.78, 5) is 7.99. The van der Waals surface area contributed by atoms with Crippen molar-refractivity contribution in [2.45, 2.75) is 11.4 Å². The van der Waals surface area contributed by atoms with Gasteiger partial charge >= 0.3 is 0 Å². The molecule has 0 bridgehead atoms. The van der Waals surface area contributed by atoms with Crippen molar-refractivity contribution < 1.29 is 8.42 Å². The van der Waals surface area contributed by atoms with Crippen molar-refractivity contribution in [3.05, 3.63) is 77.8 Å². The van der Waals surface area contributed by atoms with Crippen molar-refractivity contribution in [1.29, 1.82) is 0 Å². The van der Waals surface area contributed by atoms with Gasteiger partial charge in [-0.15, -0.1) is 0 Å². The van der Waals surface area contributed by atoms with Gasteiger partial charge in [0, 0.05) is 11.2 Å². The summed E-state index contributed by atoms with van der Waals surface area (Å²) in [6.45, 7) is 0.115. The van der Waals surface area contributed by atoms with Crippen molar-refractivity contribution in [1.82, 2.24) is 14.7 Å². The Labute approximate surface area is 145 Å². The Kier molecular flexibility index (Phi) is 4.89. The largest absolute Gasteiger partial charge is 0.245 e. The summed E-state index contributed by atoms with van der Waals surface area (Å²) in [5, 5.41) is 0.659. The molecular weight excluding hydrogens is 346 g/mol. The molecule has 0 saturated carbocycles. The summed E-state index contributed by atoms with van der Waals surface area (Å²) in [6.07, 6.45) is 2.95. The third-order valence-corrected chi connectivity index (χ3v) is 5.10. The van der Waals surface area contributed by atoms with Crippen LogP contribution in [0.25, 0.3) is 11.1 Å². The summed E-state index contributed by atoms with van der Waals surface area (Å²) in [5.74, 6) is 0. The molecule has 0 unspecified atom stereocenters. The van der Waals surface area contributed by atoms with Crippen LogP contribution in [-0.2, 0) is 16.6 Å². The van der Waals surface area contributed by atoms with E-state index in [9.17, 15) is 8.42 Å². The first-order valence-corrected chi connectivity index (χ1v) is 9.01. The molecule has 0 aliphatic rings. The highest BCUT2D eigenvalue weighted by Crippen LogP contribution is 2.23. The minimum atomic E-state index is -3.60. The summed E-state index contributed by atoms with van der Waals surface area (Å²) in [7, 11) is -3.60. The minimum absolute atomic E-state index is 0.115. The molecule has 0 atom stereocenters. The van der Waals surface area contributed by atoms with E-state index in [4.69, 9.17) is 11.6 Å². The molecule has 2 aromatic carbocycles. The highest BCUT2D eigenvalue weighted by atomic mass is 35.5. The lowest BCUT2D eigenvalue weighted by Gasteiger charge is -2.08. The van der Waals surface area contributed by atoms with Crippen LogP contribution in [0, 0.1) is 0 Å². The third-order valence-electron chi connectivity index (χ3n) is 3.43. The van der Waals surface area contributed by atoms with Gasteiger partial charge in [-0.3, -0.25) is 0 Å². The fourth-order valence-corrected chi connectivity index (χ4v) is 3.27. The van der Waals surface area contributed by atoms with Gasteiger partial charge in [-0.25, -0.2) is 23.1 Å². The molecule has 0 spiro atoms. The summed E-state index contributed by atoms with van der Waals surface area (Å²) >= 11 is 5.87. The van der Waals surface area contributed by atoms with E-state index in [2.05, 4.69) is 14.7 Å². The van der Waals surface area contributed by atoms with E-state index in [-0.39, 0.29) is 11.4 Å². The van der Waals surface area contributed by atoms with Gasteiger partial charge in [0.1, 0.15) is 6.33 Å². The van der Waals surface area contributed by atoms with Crippen molar-refractivity contribution in [2.75, 3.05) is 0 Å². The van der Waals surface area contributed by atoms with Gasteiger partial charge < -0.3 is 0 Å². The maximum absolute atomic E-state index is 12.3. The zero-order valence-corrected chi connectivity index (χ0v) is 14.1. The molecule has 0 radical (unpaired) electrons. The summed E-state index contributed by atoms with van der Waals surface area (Å²) in [5.41, 5.74) is 2.49. The maximum atomic E-state index is 12.3. The Morgan fingerprint density at radius 2 is 1.54 bits per heavy atom. The molecule has 24 heavy (non-hydrogen) atoms. The van der Waals surface area contributed by atoms with Crippen molar-refractivity contribution in [3.8, 4) is 11.1 Å². The van der Waals surface area contributed by atoms with Gasteiger partial charge in [-0.2, -0.15) is 0 Å². The number of halogens is 1. The topological polar surface area (TPSA) is 72.0 Å². The molecule has 0 saturated heterocycles. The van der Waals surface area contributed by atoms with E-state index >= 15 is 0 Å². The number of hydrogen-bond donors (Lipinski definition) is 1. The molecule has 3 rings (SSSR count). The first kappa shape index (κ1) is 16.6. The second-order valence-electron chi connectivity index (χ2n) is 5.06. The fourth-order valence-electron chi connectivity index (χ4n) is 2.14. The Balaban J connectivity index is 1.75. The lowest BCUT2D eigenvalue weighted by Crippen LogP contribution is -2.23. The van der Waals surface area contributed by atoms with Gasteiger partial charge in [-0.05, 0) is 41.5 Å². The van der Waals surface area contributed by atoms with Gasteiger partial charge in [-0.1, -0.05) is 35.9 Å². The predicted molar refractivity (Wildman–Crippen MR) is 92.9 cm³/mol. The SMILES string of the molecule is O=S(=O)(NCc1ccncn1)c1ccc(-c2ccc(Cl)cc2)cc1. The lowest BCUT2D eigenvalue weighted by atomic mass is 10.1. The Morgan fingerprint density at radius 3 is 2.12 bits per heavy atom. The monoisotopic (exact) mass is 359 g/mol. The van der Waals surface area contributed by atoms with Crippen LogP contribution >= 0.6 is 11.6 Å². The molecule has 1 aromatic heterocycles. The number of benzene rings is 2. The van der Waals surface area contributed by atoms with Crippen LogP contribution in [0.3, 0.4) is 0 Å². The summed E-state index contributed by atoms with van der Waals surface area (Å²) in [6, 6.07) is 15.7. The van der Waals surface area contributed by atoms with E-state index in [0.717, 1.165) is 11.1 Å².